The third-order valence-corrected chi connectivity index (χ3v) is 4.61. The van der Waals surface area contributed by atoms with Crippen molar-refractivity contribution in [1.29, 1.82) is 5.26 Å². The summed E-state index contributed by atoms with van der Waals surface area (Å²) in [6.45, 7) is 4.93. The molecule has 96 valence electrons. The van der Waals surface area contributed by atoms with E-state index < -0.39 is 0 Å². The number of hydrogen-bond acceptors (Lipinski definition) is 3. The number of nitriles is 1. The normalized spacial score (nSPS) is 15.9. The van der Waals surface area contributed by atoms with Crippen molar-refractivity contribution in [3.8, 4) is 6.07 Å². The molecule has 1 unspecified atom stereocenters. The lowest BCUT2D eigenvalue weighted by Crippen LogP contribution is -2.18. The van der Waals surface area contributed by atoms with Crippen LogP contribution in [0.25, 0.3) is 0 Å². The zero-order valence-electron chi connectivity index (χ0n) is 11.1. The van der Waals surface area contributed by atoms with Gasteiger partial charge in [-0.2, -0.15) is 5.26 Å². The van der Waals surface area contributed by atoms with Crippen LogP contribution in [0.4, 0.5) is 5.69 Å². The van der Waals surface area contributed by atoms with Crippen LogP contribution in [-0.4, -0.2) is 12.3 Å². The molecular weight excluding hydrogens is 240 g/mol. The van der Waals surface area contributed by atoms with E-state index in [9.17, 15) is 0 Å². The topological polar surface area (TPSA) is 35.8 Å². The van der Waals surface area contributed by atoms with Crippen LogP contribution in [0.15, 0.2) is 23.1 Å². The van der Waals surface area contributed by atoms with Crippen molar-refractivity contribution >= 4 is 17.4 Å². The Morgan fingerprint density at radius 2 is 2.28 bits per heavy atom. The fraction of sp³-hybridized carbons (Fsp3) is 0.533. The van der Waals surface area contributed by atoms with Gasteiger partial charge in [-0.05, 0) is 48.3 Å². The molecule has 0 radical (unpaired) electrons. The van der Waals surface area contributed by atoms with E-state index in [1.165, 1.54) is 29.1 Å². The first-order chi connectivity index (χ1) is 8.70. The van der Waals surface area contributed by atoms with E-state index in [4.69, 9.17) is 5.26 Å². The highest BCUT2D eigenvalue weighted by Gasteiger charge is 2.13. The van der Waals surface area contributed by atoms with Crippen LogP contribution >= 0.6 is 11.8 Å². The molecule has 18 heavy (non-hydrogen) atoms. The van der Waals surface area contributed by atoms with Gasteiger partial charge in [-0.25, -0.2) is 0 Å². The first-order valence-electron chi connectivity index (χ1n) is 6.60. The number of aryl methyl sites for hydroxylation is 1. The minimum absolute atomic E-state index is 0.0791. The quantitative estimate of drug-likeness (QED) is 0.891. The fourth-order valence-electron chi connectivity index (χ4n) is 2.13. The Bertz CT molecular complexity index is 448. The smallest absolute Gasteiger partial charge is 0.0677 e. The summed E-state index contributed by atoms with van der Waals surface area (Å²) in [6.07, 6.45) is 2.46. The predicted molar refractivity (Wildman–Crippen MR) is 77.9 cm³/mol. The Hall–Kier alpha value is -1.14. The van der Waals surface area contributed by atoms with Gasteiger partial charge in [-0.1, -0.05) is 13.8 Å². The molecule has 3 heteroatoms. The Kier molecular flexibility index (Phi) is 4.54. The number of hydrogen-bond donors (Lipinski definition) is 1. The summed E-state index contributed by atoms with van der Waals surface area (Å²) in [5, 5.41) is 12.5. The molecule has 1 aliphatic rings. The van der Waals surface area contributed by atoms with E-state index in [0.717, 1.165) is 12.2 Å². The number of nitrogens with zero attached hydrogens (tertiary/aromatic N) is 1. The lowest BCUT2D eigenvalue weighted by molar-refractivity contribution is 0.496. The molecule has 0 aliphatic carbocycles. The maximum absolute atomic E-state index is 9.07. The van der Waals surface area contributed by atoms with E-state index in [-0.39, 0.29) is 5.92 Å². The number of rotatable bonds is 4. The lowest BCUT2D eigenvalue weighted by atomic mass is 9.97. The molecular formula is C15H20N2S. The highest BCUT2D eigenvalue weighted by Crippen LogP contribution is 2.31. The van der Waals surface area contributed by atoms with E-state index in [1.54, 1.807) is 0 Å². The average Bonchev–Trinajstić information content (AvgIpc) is 2.39. The molecule has 0 spiro atoms. The maximum Gasteiger partial charge on any atom is 0.0677 e. The second kappa shape index (κ2) is 6.15. The maximum atomic E-state index is 9.07. The van der Waals surface area contributed by atoms with Crippen LogP contribution in [0.5, 0.6) is 0 Å². The van der Waals surface area contributed by atoms with Gasteiger partial charge in [0, 0.05) is 17.1 Å². The van der Waals surface area contributed by atoms with Crippen molar-refractivity contribution in [2.24, 2.45) is 11.8 Å². The van der Waals surface area contributed by atoms with Crippen molar-refractivity contribution in [3.63, 3.8) is 0 Å². The molecule has 1 heterocycles. The number of benzene rings is 1. The highest BCUT2D eigenvalue weighted by molar-refractivity contribution is 7.99. The lowest BCUT2D eigenvalue weighted by Gasteiger charge is -2.18. The van der Waals surface area contributed by atoms with Gasteiger partial charge in [0.1, 0.15) is 0 Å². The summed E-state index contributed by atoms with van der Waals surface area (Å²) >= 11 is 1.95. The van der Waals surface area contributed by atoms with Crippen molar-refractivity contribution in [1.82, 2.24) is 0 Å². The van der Waals surface area contributed by atoms with Gasteiger partial charge in [0.25, 0.3) is 0 Å². The Labute approximate surface area is 114 Å². The molecule has 1 aliphatic heterocycles. The SMILES string of the molecule is CC(C)C(C#N)CNc1ccc2c(c1)CCCS2. The molecule has 0 saturated heterocycles. The standard InChI is InChI=1S/C15H20N2S/c1-11(2)13(9-16)10-17-14-5-6-15-12(8-14)4-3-7-18-15/h5-6,8,11,13,17H,3-4,7,10H2,1-2H3. The van der Waals surface area contributed by atoms with Crippen molar-refractivity contribution < 1.29 is 0 Å². The zero-order chi connectivity index (χ0) is 13.0. The summed E-state index contributed by atoms with van der Waals surface area (Å²) in [7, 11) is 0. The minimum atomic E-state index is 0.0791. The van der Waals surface area contributed by atoms with Crippen LogP contribution in [0.1, 0.15) is 25.8 Å². The van der Waals surface area contributed by atoms with Gasteiger partial charge in [0.05, 0.1) is 12.0 Å². The second-order valence-electron chi connectivity index (χ2n) is 5.14. The zero-order valence-corrected chi connectivity index (χ0v) is 11.9. The predicted octanol–water partition coefficient (Wildman–Crippen LogP) is 3.93. The van der Waals surface area contributed by atoms with Crippen molar-refractivity contribution in [2.45, 2.75) is 31.6 Å². The third kappa shape index (κ3) is 3.20. The van der Waals surface area contributed by atoms with Crippen LogP contribution in [0.3, 0.4) is 0 Å². The van der Waals surface area contributed by atoms with E-state index in [2.05, 4.69) is 43.4 Å². The van der Waals surface area contributed by atoms with Gasteiger partial charge < -0.3 is 5.32 Å². The molecule has 0 bridgehead atoms. The minimum Gasteiger partial charge on any atom is -0.384 e. The van der Waals surface area contributed by atoms with Crippen LogP contribution in [-0.2, 0) is 6.42 Å². The van der Waals surface area contributed by atoms with Crippen LogP contribution in [0, 0.1) is 23.2 Å². The summed E-state index contributed by atoms with van der Waals surface area (Å²) in [5.74, 6) is 1.72. The van der Waals surface area contributed by atoms with Gasteiger partial charge in [0.15, 0.2) is 0 Å². The van der Waals surface area contributed by atoms with Crippen LogP contribution < -0.4 is 5.32 Å². The largest absolute Gasteiger partial charge is 0.384 e. The van der Waals surface area contributed by atoms with Crippen molar-refractivity contribution in [2.75, 3.05) is 17.6 Å². The van der Waals surface area contributed by atoms with E-state index in [0.29, 0.717) is 5.92 Å². The third-order valence-electron chi connectivity index (χ3n) is 3.41. The first kappa shape index (κ1) is 13.3. The second-order valence-corrected chi connectivity index (χ2v) is 6.27. The highest BCUT2D eigenvalue weighted by atomic mass is 32.2. The molecule has 1 aromatic rings. The summed E-state index contributed by atoms with van der Waals surface area (Å²) in [5.41, 5.74) is 2.60. The first-order valence-corrected chi connectivity index (χ1v) is 7.58. The fourth-order valence-corrected chi connectivity index (χ4v) is 3.15. The molecule has 2 rings (SSSR count). The number of anilines is 1. The van der Waals surface area contributed by atoms with Gasteiger partial charge >= 0.3 is 0 Å². The number of fused-ring (bicyclic) bond motifs is 1. The van der Waals surface area contributed by atoms with Gasteiger partial charge in [-0.3, -0.25) is 0 Å². The van der Waals surface area contributed by atoms with E-state index >= 15 is 0 Å². The Morgan fingerprint density at radius 3 is 3.00 bits per heavy atom. The van der Waals surface area contributed by atoms with Crippen LogP contribution in [0.2, 0.25) is 0 Å². The molecule has 1 atom stereocenters. The van der Waals surface area contributed by atoms with Gasteiger partial charge in [0.2, 0.25) is 0 Å². The molecule has 0 aromatic heterocycles. The molecule has 0 amide bonds. The Morgan fingerprint density at radius 1 is 1.44 bits per heavy atom. The van der Waals surface area contributed by atoms with Gasteiger partial charge in [-0.15, -0.1) is 11.8 Å². The summed E-state index contributed by atoms with van der Waals surface area (Å²) in [4.78, 5) is 1.42. The average molecular weight is 260 g/mol. The molecule has 0 saturated carbocycles. The monoisotopic (exact) mass is 260 g/mol. The molecule has 1 N–H and O–H groups in total. The molecule has 1 aromatic carbocycles. The summed E-state index contributed by atoms with van der Waals surface area (Å²) < 4.78 is 0. The van der Waals surface area contributed by atoms with E-state index in [1.807, 2.05) is 11.8 Å². The number of nitrogens with one attached hydrogen (secondary N) is 1. The number of thioether (sulfide) groups is 1. The molecule has 0 fully saturated rings. The van der Waals surface area contributed by atoms with Crippen molar-refractivity contribution in [3.05, 3.63) is 23.8 Å². The molecule has 2 nitrogen and oxygen atoms in total. The summed E-state index contributed by atoms with van der Waals surface area (Å²) in [6, 6.07) is 8.95. The Balaban J connectivity index is 2.00.